The minimum atomic E-state index is -0.409. The normalized spacial score (nSPS) is 12.0. The van der Waals surface area contributed by atoms with Crippen molar-refractivity contribution in [1.29, 1.82) is 0 Å². The van der Waals surface area contributed by atoms with E-state index >= 15 is 0 Å². The number of thioether (sulfide) groups is 1. The van der Waals surface area contributed by atoms with Crippen molar-refractivity contribution in [3.63, 3.8) is 0 Å². The third-order valence-corrected chi connectivity index (χ3v) is 6.33. The van der Waals surface area contributed by atoms with Crippen LogP contribution >= 0.6 is 23.1 Å². The van der Waals surface area contributed by atoms with Crippen molar-refractivity contribution in [2.24, 2.45) is 4.99 Å². The number of benzene rings is 2. The molecule has 0 radical (unpaired) electrons. The Balaban J connectivity index is 1.77. The highest BCUT2D eigenvalue weighted by atomic mass is 32.2. The van der Waals surface area contributed by atoms with E-state index in [9.17, 15) is 4.79 Å². The van der Waals surface area contributed by atoms with E-state index in [0.29, 0.717) is 29.3 Å². The maximum absolute atomic E-state index is 13.0. The van der Waals surface area contributed by atoms with Gasteiger partial charge in [0.25, 0.3) is 0 Å². The molecule has 0 aliphatic carbocycles. The summed E-state index contributed by atoms with van der Waals surface area (Å²) in [7, 11) is 0. The summed E-state index contributed by atoms with van der Waals surface area (Å²) in [6.45, 7) is 5.76. The van der Waals surface area contributed by atoms with Crippen LogP contribution in [0.2, 0.25) is 0 Å². The molecule has 0 atom stereocenters. The summed E-state index contributed by atoms with van der Waals surface area (Å²) < 4.78 is 20.2. The lowest BCUT2D eigenvalue weighted by atomic mass is 10.2. The van der Waals surface area contributed by atoms with Crippen molar-refractivity contribution >= 4 is 50.2 Å². The molecule has 4 aromatic rings. The smallest absolute Gasteiger partial charge is 0.315 e. The number of hydrogen-bond acceptors (Lipinski definition) is 6. The van der Waals surface area contributed by atoms with Gasteiger partial charge < -0.3 is 18.5 Å². The number of ether oxygens (including phenoxy) is 2. The van der Waals surface area contributed by atoms with Gasteiger partial charge in [0.1, 0.15) is 5.75 Å². The number of carbonyl (C=O) groups is 1. The Morgan fingerprint density at radius 2 is 2.00 bits per heavy atom. The average Bonchev–Trinajstić information content (AvgIpc) is 3.34. The lowest BCUT2D eigenvalue weighted by molar-refractivity contribution is 0.0973. The van der Waals surface area contributed by atoms with Crippen LogP contribution in [-0.2, 0) is 6.54 Å². The van der Waals surface area contributed by atoms with Crippen LogP contribution in [0.1, 0.15) is 24.4 Å². The van der Waals surface area contributed by atoms with Gasteiger partial charge >= 0.3 is 5.91 Å². The standard InChI is InChI=1S/C23H24N2O4S2/c1-4-27-16-9-10-17-20(14-16)31-23(25(17)11-12-30-3)24-22(26)19-13-15-7-6-8-18(28-5-2)21(15)29-19/h6-10,13-14H,4-5,11-12H2,1-3H3. The SMILES string of the molecule is CCOc1ccc2c(c1)sc(=NC(=O)c1cc3cccc(OCC)c3o1)n2CCSC. The molecule has 1 amide bonds. The fraction of sp³-hybridized carbons (Fsp3) is 0.304. The molecule has 2 aromatic heterocycles. The molecule has 0 unspecified atom stereocenters. The van der Waals surface area contributed by atoms with E-state index < -0.39 is 5.91 Å². The second kappa shape index (κ2) is 9.62. The summed E-state index contributed by atoms with van der Waals surface area (Å²) in [4.78, 5) is 18.1. The summed E-state index contributed by atoms with van der Waals surface area (Å²) in [6.07, 6.45) is 2.06. The summed E-state index contributed by atoms with van der Waals surface area (Å²) in [5.41, 5.74) is 1.60. The predicted octanol–water partition coefficient (Wildman–Crippen LogP) is 5.35. The predicted molar refractivity (Wildman–Crippen MR) is 127 cm³/mol. The van der Waals surface area contributed by atoms with Gasteiger partial charge in [-0.25, -0.2) is 0 Å². The molecule has 0 saturated heterocycles. The number of nitrogens with zero attached hydrogens (tertiary/aromatic N) is 2. The quantitative estimate of drug-likeness (QED) is 0.358. The topological polar surface area (TPSA) is 66.0 Å². The number of carbonyl (C=O) groups excluding carboxylic acids is 1. The number of furan rings is 1. The van der Waals surface area contributed by atoms with E-state index in [-0.39, 0.29) is 5.76 Å². The molecule has 0 saturated carbocycles. The summed E-state index contributed by atoms with van der Waals surface area (Å²) in [5.74, 6) is 2.15. The van der Waals surface area contributed by atoms with Gasteiger partial charge in [-0.15, -0.1) is 0 Å². The number of amides is 1. The number of aryl methyl sites for hydroxylation is 1. The van der Waals surface area contributed by atoms with Crippen molar-refractivity contribution < 1.29 is 18.7 Å². The van der Waals surface area contributed by atoms with Gasteiger partial charge in [0.2, 0.25) is 0 Å². The highest BCUT2D eigenvalue weighted by Crippen LogP contribution is 2.29. The zero-order valence-electron chi connectivity index (χ0n) is 17.7. The number of fused-ring (bicyclic) bond motifs is 2. The molecular weight excluding hydrogens is 432 g/mol. The molecule has 31 heavy (non-hydrogen) atoms. The molecule has 0 N–H and O–H groups in total. The molecule has 162 valence electrons. The minimum Gasteiger partial charge on any atom is -0.494 e. The van der Waals surface area contributed by atoms with Gasteiger partial charge in [-0.05, 0) is 50.4 Å². The van der Waals surface area contributed by atoms with Gasteiger partial charge in [0.15, 0.2) is 21.9 Å². The first-order chi connectivity index (χ1) is 15.1. The first-order valence-electron chi connectivity index (χ1n) is 10.1. The molecule has 0 spiro atoms. The van der Waals surface area contributed by atoms with Gasteiger partial charge in [0, 0.05) is 17.7 Å². The van der Waals surface area contributed by atoms with Crippen LogP contribution in [-0.4, -0.2) is 35.7 Å². The van der Waals surface area contributed by atoms with E-state index in [4.69, 9.17) is 13.9 Å². The van der Waals surface area contributed by atoms with Gasteiger partial charge in [0.05, 0.1) is 23.4 Å². The van der Waals surface area contributed by atoms with Gasteiger partial charge in [-0.1, -0.05) is 23.5 Å². The average molecular weight is 457 g/mol. The van der Waals surface area contributed by atoms with Gasteiger partial charge in [-0.2, -0.15) is 16.8 Å². The molecule has 2 aromatic carbocycles. The number of para-hydroxylation sites is 1. The number of hydrogen-bond donors (Lipinski definition) is 0. The van der Waals surface area contributed by atoms with Crippen LogP contribution in [0.5, 0.6) is 11.5 Å². The minimum absolute atomic E-state index is 0.200. The van der Waals surface area contributed by atoms with Crippen molar-refractivity contribution in [3.8, 4) is 11.5 Å². The fourth-order valence-corrected chi connectivity index (χ4v) is 4.79. The Labute approximate surface area is 188 Å². The third-order valence-electron chi connectivity index (χ3n) is 4.70. The van der Waals surface area contributed by atoms with Crippen molar-refractivity contribution in [2.45, 2.75) is 20.4 Å². The Bertz CT molecular complexity index is 1290. The maximum Gasteiger partial charge on any atom is 0.315 e. The van der Waals surface area contributed by atoms with Gasteiger partial charge in [-0.3, -0.25) is 4.79 Å². The second-order valence-electron chi connectivity index (χ2n) is 6.73. The maximum atomic E-state index is 13.0. The second-order valence-corrected chi connectivity index (χ2v) is 8.72. The number of thiazole rings is 1. The Hall–Kier alpha value is -2.71. The monoisotopic (exact) mass is 456 g/mol. The van der Waals surface area contributed by atoms with Crippen LogP contribution in [0.4, 0.5) is 0 Å². The molecule has 0 aliphatic heterocycles. The summed E-state index contributed by atoms with van der Waals surface area (Å²) in [5, 5.41) is 0.817. The van der Waals surface area contributed by atoms with Crippen LogP contribution in [0.15, 0.2) is 51.9 Å². The fourth-order valence-electron chi connectivity index (χ4n) is 3.35. The first-order valence-corrected chi connectivity index (χ1v) is 12.3. The van der Waals surface area contributed by atoms with E-state index in [0.717, 1.165) is 33.6 Å². The van der Waals surface area contributed by atoms with Crippen LogP contribution in [0, 0.1) is 0 Å². The molecule has 8 heteroatoms. The Kier molecular flexibility index (Phi) is 6.67. The lowest BCUT2D eigenvalue weighted by Gasteiger charge is -2.05. The van der Waals surface area contributed by atoms with E-state index in [1.165, 1.54) is 11.3 Å². The van der Waals surface area contributed by atoms with E-state index in [2.05, 4.69) is 15.8 Å². The third kappa shape index (κ3) is 4.50. The molecule has 0 aliphatic rings. The molecule has 4 rings (SSSR count). The van der Waals surface area contributed by atoms with Crippen LogP contribution < -0.4 is 14.3 Å². The van der Waals surface area contributed by atoms with Crippen LogP contribution in [0.3, 0.4) is 0 Å². The number of aromatic nitrogens is 1. The zero-order chi connectivity index (χ0) is 21.8. The van der Waals surface area contributed by atoms with Crippen molar-refractivity contribution in [1.82, 2.24) is 4.57 Å². The van der Waals surface area contributed by atoms with Crippen molar-refractivity contribution in [3.05, 3.63) is 53.0 Å². The largest absolute Gasteiger partial charge is 0.494 e. The zero-order valence-corrected chi connectivity index (χ0v) is 19.3. The molecule has 0 bridgehead atoms. The molecule has 0 fully saturated rings. The Morgan fingerprint density at radius 3 is 2.77 bits per heavy atom. The van der Waals surface area contributed by atoms with Crippen molar-refractivity contribution in [2.75, 3.05) is 25.2 Å². The summed E-state index contributed by atoms with van der Waals surface area (Å²) in [6, 6.07) is 13.3. The lowest BCUT2D eigenvalue weighted by Crippen LogP contribution is -2.18. The van der Waals surface area contributed by atoms with Crippen LogP contribution in [0.25, 0.3) is 21.2 Å². The Morgan fingerprint density at radius 1 is 1.16 bits per heavy atom. The van der Waals surface area contributed by atoms with E-state index in [1.54, 1.807) is 17.8 Å². The number of rotatable bonds is 8. The summed E-state index contributed by atoms with van der Waals surface area (Å²) >= 11 is 3.23. The van der Waals surface area contributed by atoms with E-state index in [1.807, 2.05) is 50.2 Å². The first kappa shape index (κ1) is 21.5. The highest BCUT2D eigenvalue weighted by molar-refractivity contribution is 7.98. The molecule has 2 heterocycles. The highest BCUT2D eigenvalue weighted by Gasteiger charge is 2.16. The molecule has 6 nitrogen and oxygen atoms in total. The molecular formula is C23H24N2O4S2.